The second kappa shape index (κ2) is 6.09. The van der Waals surface area contributed by atoms with Gasteiger partial charge in [0.25, 0.3) is 0 Å². The van der Waals surface area contributed by atoms with Crippen molar-refractivity contribution in [3.8, 4) is 0 Å². The van der Waals surface area contributed by atoms with Gasteiger partial charge in [0.2, 0.25) is 5.78 Å². The molecular formula is C16H14F3O2P. The fourth-order valence-corrected chi connectivity index (χ4v) is 5.20. The van der Waals surface area contributed by atoms with Crippen LogP contribution in [0.25, 0.3) is 0 Å². The predicted molar refractivity (Wildman–Crippen MR) is 80.3 cm³/mol. The minimum atomic E-state index is -5.02. The Morgan fingerprint density at radius 1 is 0.909 bits per heavy atom. The quantitative estimate of drug-likeness (QED) is 0.806. The molecule has 0 aromatic heterocycles. The summed E-state index contributed by atoms with van der Waals surface area (Å²) in [5.74, 6) is -1.97. The summed E-state index contributed by atoms with van der Waals surface area (Å²) in [4.78, 5) is 11.7. The lowest BCUT2D eigenvalue weighted by Gasteiger charge is -2.25. The standard InChI is InChI=1S/C16H14F3O2P/c1-12(15(20)16(17,18)19)22(21,13-8-4-2-5-9-13)14-10-6-3-7-11-14/h2-12H,1H3. The Balaban J connectivity index is 2.63. The Hall–Kier alpha value is -1.87. The highest BCUT2D eigenvalue weighted by molar-refractivity contribution is 7.80. The van der Waals surface area contributed by atoms with Crippen molar-refractivity contribution in [3.63, 3.8) is 0 Å². The minimum Gasteiger partial charge on any atom is -0.313 e. The van der Waals surface area contributed by atoms with Crippen molar-refractivity contribution in [3.05, 3.63) is 60.7 Å². The Kier molecular flexibility index (Phi) is 4.57. The summed E-state index contributed by atoms with van der Waals surface area (Å²) in [6.07, 6.45) is -5.02. The van der Waals surface area contributed by atoms with Crippen LogP contribution >= 0.6 is 7.14 Å². The van der Waals surface area contributed by atoms with E-state index in [0.717, 1.165) is 6.92 Å². The van der Waals surface area contributed by atoms with E-state index >= 15 is 0 Å². The number of halogens is 3. The monoisotopic (exact) mass is 326 g/mol. The van der Waals surface area contributed by atoms with E-state index in [4.69, 9.17) is 0 Å². The summed E-state index contributed by atoms with van der Waals surface area (Å²) >= 11 is 0. The molecule has 0 N–H and O–H groups in total. The minimum absolute atomic E-state index is 0.242. The molecule has 6 heteroatoms. The fraction of sp³-hybridized carbons (Fsp3) is 0.188. The molecule has 0 saturated heterocycles. The summed E-state index contributed by atoms with van der Waals surface area (Å²) in [6, 6.07) is 15.7. The van der Waals surface area contributed by atoms with Gasteiger partial charge in [-0.15, -0.1) is 0 Å². The zero-order chi connectivity index (χ0) is 16.4. The normalized spacial score (nSPS) is 13.6. The van der Waals surface area contributed by atoms with Crippen molar-refractivity contribution in [2.45, 2.75) is 18.8 Å². The van der Waals surface area contributed by atoms with Gasteiger partial charge in [-0.25, -0.2) is 0 Å². The largest absolute Gasteiger partial charge is 0.450 e. The molecule has 0 aliphatic rings. The maximum atomic E-state index is 13.5. The number of carbonyl (C=O) groups excluding carboxylic acids is 1. The summed E-state index contributed by atoms with van der Waals surface area (Å²) in [7, 11) is -3.74. The molecular weight excluding hydrogens is 312 g/mol. The van der Waals surface area contributed by atoms with Gasteiger partial charge in [-0.3, -0.25) is 4.79 Å². The Morgan fingerprint density at radius 2 is 1.27 bits per heavy atom. The van der Waals surface area contributed by atoms with E-state index in [1.165, 1.54) is 24.3 Å². The Bertz CT molecular complexity index is 653. The van der Waals surface area contributed by atoms with Crippen molar-refractivity contribution >= 4 is 23.5 Å². The van der Waals surface area contributed by atoms with Gasteiger partial charge in [-0.05, 0) is 6.92 Å². The number of hydrogen-bond donors (Lipinski definition) is 0. The lowest BCUT2D eigenvalue weighted by Crippen LogP contribution is -2.37. The van der Waals surface area contributed by atoms with E-state index in [9.17, 15) is 22.5 Å². The van der Waals surface area contributed by atoms with E-state index in [-0.39, 0.29) is 10.6 Å². The molecule has 0 saturated carbocycles. The van der Waals surface area contributed by atoms with Crippen molar-refractivity contribution in [1.82, 2.24) is 0 Å². The van der Waals surface area contributed by atoms with Crippen LogP contribution in [0.5, 0.6) is 0 Å². The molecule has 2 aromatic rings. The van der Waals surface area contributed by atoms with E-state index in [2.05, 4.69) is 0 Å². The van der Waals surface area contributed by atoms with Crippen LogP contribution in [0.2, 0.25) is 0 Å². The molecule has 0 fully saturated rings. The van der Waals surface area contributed by atoms with E-state index < -0.39 is 24.8 Å². The highest BCUT2D eigenvalue weighted by Crippen LogP contribution is 2.50. The average Bonchev–Trinajstić information content (AvgIpc) is 2.53. The molecule has 116 valence electrons. The van der Waals surface area contributed by atoms with Gasteiger partial charge in [-0.1, -0.05) is 60.7 Å². The van der Waals surface area contributed by atoms with Crippen molar-refractivity contribution in [1.29, 1.82) is 0 Å². The summed E-state index contributed by atoms with van der Waals surface area (Å²) in [6.45, 7) is 1.08. The molecule has 2 nitrogen and oxygen atoms in total. The van der Waals surface area contributed by atoms with Crippen LogP contribution in [0, 0.1) is 0 Å². The molecule has 22 heavy (non-hydrogen) atoms. The number of benzene rings is 2. The Labute approximate surface area is 126 Å². The first kappa shape index (κ1) is 16.5. The molecule has 0 amide bonds. The molecule has 0 heterocycles. The van der Waals surface area contributed by atoms with E-state index in [1.807, 2.05) is 0 Å². The van der Waals surface area contributed by atoms with Gasteiger partial charge < -0.3 is 4.57 Å². The fourth-order valence-electron chi connectivity index (χ4n) is 2.30. The number of ketones is 1. The number of rotatable bonds is 4. The smallest absolute Gasteiger partial charge is 0.313 e. The van der Waals surface area contributed by atoms with E-state index in [0.29, 0.717) is 0 Å². The lowest BCUT2D eigenvalue weighted by molar-refractivity contribution is -0.170. The second-order valence-electron chi connectivity index (χ2n) is 4.87. The third-order valence-electron chi connectivity index (χ3n) is 3.48. The van der Waals surface area contributed by atoms with Gasteiger partial charge >= 0.3 is 6.18 Å². The molecule has 2 aromatic carbocycles. The van der Waals surface area contributed by atoms with Gasteiger partial charge in [0, 0.05) is 10.6 Å². The van der Waals surface area contributed by atoms with Gasteiger partial charge in [0.05, 0.1) is 5.66 Å². The van der Waals surface area contributed by atoms with Crippen LogP contribution < -0.4 is 10.6 Å². The van der Waals surface area contributed by atoms with Crippen LogP contribution in [-0.2, 0) is 9.36 Å². The van der Waals surface area contributed by atoms with Crippen molar-refractivity contribution < 1.29 is 22.5 Å². The molecule has 0 aliphatic carbocycles. The first-order chi connectivity index (χ1) is 10.3. The number of hydrogen-bond acceptors (Lipinski definition) is 2. The maximum absolute atomic E-state index is 13.5. The SMILES string of the molecule is CC(C(=O)C(F)(F)F)P(=O)(c1ccccc1)c1ccccc1. The Morgan fingerprint density at radius 3 is 1.59 bits per heavy atom. The molecule has 0 radical (unpaired) electrons. The molecule has 0 aliphatic heterocycles. The highest BCUT2D eigenvalue weighted by atomic mass is 31.2. The zero-order valence-electron chi connectivity index (χ0n) is 11.7. The summed E-state index contributed by atoms with van der Waals surface area (Å²) in [5.41, 5.74) is -1.67. The van der Waals surface area contributed by atoms with E-state index in [1.54, 1.807) is 36.4 Å². The third kappa shape index (κ3) is 3.00. The van der Waals surface area contributed by atoms with Gasteiger partial charge in [0.1, 0.15) is 0 Å². The first-order valence-corrected chi connectivity index (χ1v) is 8.37. The molecule has 1 atom stereocenters. The summed E-state index contributed by atoms with van der Waals surface area (Å²) < 4.78 is 51.9. The molecule has 2 rings (SSSR count). The number of carbonyl (C=O) groups is 1. The van der Waals surface area contributed by atoms with Crippen LogP contribution in [0.3, 0.4) is 0 Å². The van der Waals surface area contributed by atoms with Crippen LogP contribution in [0.15, 0.2) is 60.7 Å². The number of Topliss-reactive ketones (excluding diaryl/α,β-unsaturated/α-hetero) is 1. The topological polar surface area (TPSA) is 34.1 Å². The van der Waals surface area contributed by atoms with Crippen molar-refractivity contribution in [2.75, 3.05) is 0 Å². The lowest BCUT2D eigenvalue weighted by atomic mass is 10.3. The van der Waals surface area contributed by atoms with Gasteiger partial charge in [-0.2, -0.15) is 13.2 Å². The predicted octanol–water partition coefficient (Wildman–Crippen LogP) is 3.52. The van der Waals surface area contributed by atoms with Crippen molar-refractivity contribution in [2.24, 2.45) is 0 Å². The van der Waals surface area contributed by atoms with Crippen LogP contribution in [0.4, 0.5) is 13.2 Å². The molecule has 1 unspecified atom stereocenters. The van der Waals surface area contributed by atoms with Crippen LogP contribution in [0.1, 0.15) is 6.92 Å². The van der Waals surface area contributed by atoms with Gasteiger partial charge in [0.15, 0.2) is 7.14 Å². The highest BCUT2D eigenvalue weighted by Gasteiger charge is 2.49. The summed E-state index contributed by atoms with van der Waals surface area (Å²) in [5, 5.41) is 0.484. The van der Waals surface area contributed by atoms with Crippen LogP contribution in [-0.4, -0.2) is 17.6 Å². The third-order valence-corrected chi connectivity index (χ3v) is 6.94. The maximum Gasteiger partial charge on any atom is 0.450 e. The second-order valence-corrected chi connectivity index (χ2v) is 7.99. The molecule has 0 spiro atoms. The average molecular weight is 326 g/mol. The molecule has 0 bridgehead atoms. The first-order valence-electron chi connectivity index (χ1n) is 6.60. The zero-order valence-corrected chi connectivity index (χ0v) is 12.6. The number of alkyl halides is 3.